The number of nitriles is 1. The van der Waals surface area contributed by atoms with Crippen molar-refractivity contribution in [2.45, 2.75) is 12.8 Å². The van der Waals surface area contributed by atoms with E-state index in [1.807, 2.05) is 13.0 Å². The predicted octanol–water partition coefficient (Wildman–Crippen LogP) is 2.49. The van der Waals surface area contributed by atoms with Crippen molar-refractivity contribution in [3.05, 3.63) is 52.8 Å². The van der Waals surface area contributed by atoms with Gasteiger partial charge in [0.2, 0.25) is 5.28 Å². The molecule has 0 radical (unpaired) electrons. The van der Waals surface area contributed by atoms with Gasteiger partial charge in [0.25, 0.3) is 0 Å². The third-order valence-corrected chi connectivity index (χ3v) is 2.42. The Hall–Kier alpha value is -1.99. The molecule has 0 spiro atoms. The Bertz CT molecular complexity index is 542. The van der Waals surface area contributed by atoms with Crippen molar-refractivity contribution in [3.63, 3.8) is 0 Å². The first-order valence-corrected chi connectivity index (χ1v) is 5.40. The number of nitrogens with zero attached hydrogens (tertiary/aromatic N) is 4. The Labute approximate surface area is 104 Å². The summed E-state index contributed by atoms with van der Waals surface area (Å²) in [6, 6.07) is 9.35. The van der Waals surface area contributed by atoms with E-state index in [2.05, 4.69) is 21.0 Å². The Morgan fingerprint density at radius 3 is 2.71 bits per heavy atom. The first-order valence-electron chi connectivity index (χ1n) is 5.02. The highest BCUT2D eigenvalue weighted by atomic mass is 35.5. The van der Waals surface area contributed by atoms with E-state index in [4.69, 9.17) is 11.6 Å². The van der Waals surface area contributed by atoms with E-state index in [-0.39, 0.29) is 5.28 Å². The van der Waals surface area contributed by atoms with Gasteiger partial charge in [-0.3, -0.25) is 4.98 Å². The van der Waals surface area contributed by atoms with Gasteiger partial charge in [-0.1, -0.05) is 6.07 Å². The summed E-state index contributed by atoms with van der Waals surface area (Å²) in [4.78, 5) is 12.2. The Morgan fingerprint density at radius 1 is 1.29 bits per heavy atom. The number of aryl methyl sites for hydroxylation is 1. The number of hydrogen-bond acceptors (Lipinski definition) is 4. The summed E-state index contributed by atoms with van der Waals surface area (Å²) in [7, 11) is 0. The second-order valence-electron chi connectivity index (χ2n) is 3.52. The van der Waals surface area contributed by atoms with Gasteiger partial charge in [-0.2, -0.15) is 5.26 Å². The summed E-state index contributed by atoms with van der Waals surface area (Å²) in [6.07, 6.45) is 1.65. The Balaban J connectivity index is 2.47. The second-order valence-corrected chi connectivity index (χ2v) is 3.86. The van der Waals surface area contributed by atoms with Gasteiger partial charge in [0.15, 0.2) is 0 Å². The fraction of sp³-hybridized carbons (Fsp3) is 0.167. The van der Waals surface area contributed by atoms with Crippen molar-refractivity contribution in [1.82, 2.24) is 15.0 Å². The van der Waals surface area contributed by atoms with Gasteiger partial charge < -0.3 is 0 Å². The van der Waals surface area contributed by atoms with Crippen LogP contribution in [0.15, 0.2) is 30.5 Å². The molecule has 0 aliphatic heterocycles. The molecule has 0 saturated carbocycles. The van der Waals surface area contributed by atoms with Crippen LogP contribution >= 0.6 is 11.6 Å². The summed E-state index contributed by atoms with van der Waals surface area (Å²) in [5.41, 5.74) is 1.96. The van der Waals surface area contributed by atoms with Crippen LogP contribution in [0, 0.1) is 18.3 Å². The number of aromatic nitrogens is 3. The summed E-state index contributed by atoms with van der Waals surface area (Å²) in [6.45, 7) is 1.81. The minimum Gasteiger partial charge on any atom is -0.259 e. The van der Waals surface area contributed by atoms with Crippen LogP contribution in [0.1, 0.15) is 23.0 Å². The van der Waals surface area contributed by atoms with Crippen LogP contribution in [0.25, 0.3) is 0 Å². The third-order valence-electron chi connectivity index (χ3n) is 2.26. The maximum Gasteiger partial charge on any atom is 0.222 e. The van der Waals surface area contributed by atoms with E-state index in [0.717, 1.165) is 5.69 Å². The SMILES string of the molecule is Cc1cc(C(C#N)c2ccccn2)nc(Cl)n1. The molecule has 0 saturated heterocycles. The Kier molecular flexibility index (Phi) is 3.31. The highest BCUT2D eigenvalue weighted by Gasteiger charge is 2.17. The molecule has 2 rings (SSSR count). The summed E-state index contributed by atoms with van der Waals surface area (Å²) >= 11 is 5.79. The second kappa shape index (κ2) is 4.89. The average Bonchev–Trinajstić information content (AvgIpc) is 2.30. The molecule has 17 heavy (non-hydrogen) atoms. The van der Waals surface area contributed by atoms with Crippen molar-refractivity contribution in [3.8, 4) is 6.07 Å². The summed E-state index contributed by atoms with van der Waals surface area (Å²) in [5, 5.41) is 9.37. The van der Waals surface area contributed by atoms with E-state index in [1.54, 1.807) is 24.4 Å². The van der Waals surface area contributed by atoms with Gasteiger partial charge in [-0.25, -0.2) is 9.97 Å². The monoisotopic (exact) mass is 244 g/mol. The van der Waals surface area contributed by atoms with Crippen LogP contribution in [0.2, 0.25) is 5.28 Å². The van der Waals surface area contributed by atoms with E-state index in [0.29, 0.717) is 11.4 Å². The van der Waals surface area contributed by atoms with Crippen LogP contribution in [0.4, 0.5) is 0 Å². The molecule has 0 amide bonds. The largest absolute Gasteiger partial charge is 0.259 e. The maximum absolute atomic E-state index is 9.22. The molecular weight excluding hydrogens is 236 g/mol. The molecule has 2 aromatic heterocycles. The topological polar surface area (TPSA) is 62.5 Å². The van der Waals surface area contributed by atoms with Crippen molar-refractivity contribution < 1.29 is 0 Å². The zero-order chi connectivity index (χ0) is 12.3. The molecule has 0 aliphatic carbocycles. The van der Waals surface area contributed by atoms with Crippen molar-refractivity contribution in [1.29, 1.82) is 5.26 Å². The number of pyridine rings is 1. The molecule has 0 bridgehead atoms. The number of hydrogen-bond donors (Lipinski definition) is 0. The molecule has 4 nitrogen and oxygen atoms in total. The van der Waals surface area contributed by atoms with Crippen LogP contribution in [0.5, 0.6) is 0 Å². The molecule has 0 fully saturated rings. The molecule has 2 heterocycles. The molecule has 0 N–H and O–H groups in total. The predicted molar refractivity (Wildman–Crippen MR) is 63.5 cm³/mol. The van der Waals surface area contributed by atoms with Crippen LogP contribution < -0.4 is 0 Å². The Morgan fingerprint density at radius 2 is 2.12 bits per heavy atom. The van der Waals surface area contributed by atoms with E-state index >= 15 is 0 Å². The van der Waals surface area contributed by atoms with Crippen molar-refractivity contribution in [2.75, 3.05) is 0 Å². The lowest BCUT2D eigenvalue weighted by Crippen LogP contribution is -2.05. The van der Waals surface area contributed by atoms with E-state index in [9.17, 15) is 5.26 Å². The van der Waals surface area contributed by atoms with Crippen LogP contribution in [-0.2, 0) is 0 Å². The normalized spacial score (nSPS) is 11.8. The minimum atomic E-state index is -0.518. The van der Waals surface area contributed by atoms with Gasteiger partial charge >= 0.3 is 0 Å². The smallest absolute Gasteiger partial charge is 0.222 e. The lowest BCUT2D eigenvalue weighted by atomic mass is 10.0. The lowest BCUT2D eigenvalue weighted by Gasteiger charge is -2.08. The summed E-state index contributed by atoms with van der Waals surface area (Å²) < 4.78 is 0. The fourth-order valence-corrected chi connectivity index (χ4v) is 1.76. The highest BCUT2D eigenvalue weighted by molar-refractivity contribution is 6.28. The fourth-order valence-electron chi connectivity index (χ4n) is 1.53. The number of halogens is 1. The zero-order valence-electron chi connectivity index (χ0n) is 9.13. The highest BCUT2D eigenvalue weighted by Crippen LogP contribution is 2.21. The van der Waals surface area contributed by atoms with Gasteiger partial charge in [0.1, 0.15) is 5.92 Å². The van der Waals surface area contributed by atoms with E-state index in [1.165, 1.54) is 0 Å². The van der Waals surface area contributed by atoms with Gasteiger partial charge in [0, 0.05) is 11.9 Å². The van der Waals surface area contributed by atoms with E-state index < -0.39 is 5.92 Å². The maximum atomic E-state index is 9.22. The number of rotatable bonds is 2. The minimum absolute atomic E-state index is 0.149. The zero-order valence-corrected chi connectivity index (χ0v) is 9.89. The molecule has 0 aliphatic rings. The first kappa shape index (κ1) is 11.5. The van der Waals surface area contributed by atoms with Crippen molar-refractivity contribution in [2.24, 2.45) is 0 Å². The molecular formula is C12H9ClN4. The molecule has 0 aromatic carbocycles. The van der Waals surface area contributed by atoms with Gasteiger partial charge in [-0.05, 0) is 36.7 Å². The quantitative estimate of drug-likeness (QED) is 0.762. The third kappa shape index (κ3) is 2.58. The van der Waals surface area contributed by atoms with Crippen molar-refractivity contribution >= 4 is 11.6 Å². The molecule has 1 unspecified atom stereocenters. The first-order chi connectivity index (χ1) is 8.20. The van der Waals surface area contributed by atoms with Crippen LogP contribution in [0.3, 0.4) is 0 Å². The molecule has 1 atom stereocenters. The standard InChI is InChI=1S/C12H9ClN4/c1-8-6-11(17-12(13)16-8)9(7-14)10-4-2-3-5-15-10/h2-6,9H,1H3. The van der Waals surface area contributed by atoms with Crippen LogP contribution in [-0.4, -0.2) is 15.0 Å². The lowest BCUT2D eigenvalue weighted by molar-refractivity contribution is 0.894. The molecule has 84 valence electrons. The average molecular weight is 245 g/mol. The molecule has 5 heteroatoms. The molecule has 2 aromatic rings. The van der Waals surface area contributed by atoms with Gasteiger partial charge in [0.05, 0.1) is 17.5 Å². The van der Waals surface area contributed by atoms with Gasteiger partial charge in [-0.15, -0.1) is 0 Å². The summed E-state index contributed by atoms with van der Waals surface area (Å²) in [5.74, 6) is -0.518.